The number of benzene rings is 3. The third kappa shape index (κ3) is 6.03. The molecule has 0 aromatic heterocycles. The van der Waals surface area contributed by atoms with E-state index in [1.807, 2.05) is 41.3 Å². The molecular weight excluding hydrogens is 526 g/mol. The van der Waals surface area contributed by atoms with Gasteiger partial charge in [0.1, 0.15) is 17.9 Å². The molecule has 0 aliphatic carbocycles. The third-order valence-corrected chi connectivity index (χ3v) is 9.29. The van der Waals surface area contributed by atoms with E-state index < -0.39 is 22.1 Å². The average molecular weight is 562 g/mol. The van der Waals surface area contributed by atoms with Gasteiger partial charge in [0.2, 0.25) is 21.8 Å². The minimum atomic E-state index is -3.97. The van der Waals surface area contributed by atoms with E-state index in [4.69, 9.17) is 11.1 Å². The maximum Gasteiger partial charge on any atom is 0.245 e. The molecule has 0 saturated carbocycles. The number of carbonyl (C=O) groups excluding carboxylic acids is 2. The lowest BCUT2D eigenvalue weighted by molar-refractivity contribution is -0.149. The number of nitrogen functional groups attached to an aromatic ring is 1. The van der Waals surface area contributed by atoms with E-state index >= 15 is 0 Å². The van der Waals surface area contributed by atoms with Crippen molar-refractivity contribution in [2.24, 2.45) is 5.73 Å². The standard InChI is InChI=1S/C30H35N5O4S/c31-28(32)23-12-10-21(11-13-23)19-27(30(37)34-16-4-1-5-17-34)35-18-6-9-26(29(35)36)33-40(38,39)25-15-14-22-7-2-3-8-24(22)20-25/h2-3,7-8,10-15,20,26-27,33H,1,4-6,9,16-19H2,(H3,31,32)/t26-,27+/m0/s1. The summed E-state index contributed by atoms with van der Waals surface area (Å²) in [6.07, 6.45) is 4.15. The van der Waals surface area contributed by atoms with Crippen LogP contribution in [-0.4, -0.2) is 67.6 Å². The molecule has 3 aromatic carbocycles. The monoisotopic (exact) mass is 561 g/mol. The number of carbonyl (C=O) groups is 2. The summed E-state index contributed by atoms with van der Waals surface area (Å²) in [5, 5.41) is 9.36. The minimum Gasteiger partial charge on any atom is -0.384 e. The lowest BCUT2D eigenvalue weighted by atomic mass is 9.97. The van der Waals surface area contributed by atoms with E-state index in [2.05, 4.69) is 4.72 Å². The topological polar surface area (TPSA) is 137 Å². The molecule has 2 saturated heterocycles. The van der Waals surface area contributed by atoms with Gasteiger partial charge in [0.25, 0.3) is 0 Å². The maximum atomic E-state index is 13.8. The lowest BCUT2D eigenvalue weighted by Crippen LogP contribution is -2.60. The molecule has 0 unspecified atom stereocenters. The molecule has 2 aliphatic heterocycles. The van der Waals surface area contributed by atoms with Crippen LogP contribution in [0.15, 0.2) is 71.6 Å². The van der Waals surface area contributed by atoms with Crippen LogP contribution in [0.25, 0.3) is 10.8 Å². The van der Waals surface area contributed by atoms with Gasteiger partial charge in [0.15, 0.2) is 0 Å². The van der Waals surface area contributed by atoms with Crippen LogP contribution in [0.2, 0.25) is 0 Å². The van der Waals surface area contributed by atoms with Gasteiger partial charge in [0, 0.05) is 31.6 Å². The number of likely N-dealkylation sites (tertiary alicyclic amines) is 2. The number of nitrogens with two attached hydrogens (primary N) is 1. The van der Waals surface area contributed by atoms with Crippen molar-refractivity contribution < 1.29 is 18.0 Å². The Hall–Kier alpha value is -3.76. The molecule has 9 nitrogen and oxygen atoms in total. The highest BCUT2D eigenvalue weighted by molar-refractivity contribution is 7.89. The quantitative estimate of drug-likeness (QED) is 0.287. The Morgan fingerprint density at radius 1 is 0.950 bits per heavy atom. The maximum absolute atomic E-state index is 13.8. The molecule has 2 fully saturated rings. The normalized spacial score (nSPS) is 19.0. The number of hydrogen-bond acceptors (Lipinski definition) is 5. The van der Waals surface area contributed by atoms with Crippen molar-refractivity contribution >= 4 is 38.4 Å². The van der Waals surface area contributed by atoms with Crippen molar-refractivity contribution in [1.82, 2.24) is 14.5 Å². The van der Waals surface area contributed by atoms with Gasteiger partial charge in [0.05, 0.1) is 4.90 Å². The predicted octanol–water partition coefficient (Wildman–Crippen LogP) is 3.02. The number of amidine groups is 1. The summed E-state index contributed by atoms with van der Waals surface area (Å²) >= 11 is 0. The van der Waals surface area contributed by atoms with E-state index in [-0.39, 0.29) is 22.5 Å². The fraction of sp³-hybridized carbons (Fsp3) is 0.367. The van der Waals surface area contributed by atoms with Crippen LogP contribution >= 0.6 is 0 Å². The molecule has 2 amide bonds. The van der Waals surface area contributed by atoms with Crippen molar-refractivity contribution in [2.45, 2.75) is 55.5 Å². The fourth-order valence-electron chi connectivity index (χ4n) is 5.61. The summed E-state index contributed by atoms with van der Waals surface area (Å²) in [5.41, 5.74) is 7.02. The van der Waals surface area contributed by atoms with E-state index in [0.29, 0.717) is 44.5 Å². The number of piperidine rings is 2. The third-order valence-electron chi connectivity index (χ3n) is 7.82. The number of nitrogens with zero attached hydrogens (tertiary/aromatic N) is 2. The first kappa shape index (κ1) is 27.8. The number of amides is 2. The molecule has 0 radical (unpaired) electrons. The number of nitrogens with one attached hydrogen (secondary N) is 2. The number of rotatable bonds is 8. The zero-order chi connectivity index (χ0) is 28.3. The van der Waals surface area contributed by atoms with E-state index in [9.17, 15) is 18.0 Å². The van der Waals surface area contributed by atoms with Crippen molar-refractivity contribution in [3.63, 3.8) is 0 Å². The van der Waals surface area contributed by atoms with Crippen LogP contribution in [0.1, 0.15) is 43.2 Å². The summed E-state index contributed by atoms with van der Waals surface area (Å²) in [6, 6.07) is 17.8. The van der Waals surface area contributed by atoms with Crippen molar-refractivity contribution in [3.05, 3.63) is 77.9 Å². The van der Waals surface area contributed by atoms with Crippen molar-refractivity contribution in [3.8, 4) is 0 Å². The Labute approximate surface area is 234 Å². The van der Waals surface area contributed by atoms with Gasteiger partial charge >= 0.3 is 0 Å². The first-order chi connectivity index (χ1) is 19.2. The fourth-order valence-corrected chi connectivity index (χ4v) is 6.87. The molecular formula is C30H35N5O4S. The number of hydrogen-bond donors (Lipinski definition) is 3. The molecule has 3 aromatic rings. The Bertz CT molecular complexity index is 1520. The molecule has 2 atom stereocenters. The van der Waals surface area contributed by atoms with Gasteiger partial charge in [-0.2, -0.15) is 4.72 Å². The minimum absolute atomic E-state index is 0.0414. The first-order valence-corrected chi connectivity index (χ1v) is 15.2. The predicted molar refractivity (Wildman–Crippen MR) is 154 cm³/mol. The second-order valence-electron chi connectivity index (χ2n) is 10.6. The van der Waals surface area contributed by atoms with Gasteiger partial charge in [-0.3, -0.25) is 15.0 Å². The second-order valence-corrected chi connectivity index (χ2v) is 12.3. The summed E-state index contributed by atoms with van der Waals surface area (Å²) in [4.78, 5) is 31.1. The van der Waals surface area contributed by atoms with Crippen LogP contribution in [0.3, 0.4) is 0 Å². The highest BCUT2D eigenvalue weighted by Gasteiger charge is 2.40. The van der Waals surface area contributed by atoms with E-state index in [1.54, 1.807) is 35.2 Å². The van der Waals surface area contributed by atoms with Crippen molar-refractivity contribution in [2.75, 3.05) is 19.6 Å². The zero-order valence-electron chi connectivity index (χ0n) is 22.4. The smallest absolute Gasteiger partial charge is 0.245 e. The summed E-state index contributed by atoms with van der Waals surface area (Å²) < 4.78 is 29.3. The average Bonchev–Trinajstić information content (AvgIpc) is 2.97. The Morgan fingerprint density at radius 3 is 2.35 bits per heavy atom. The summed E-state index contributed by atoms with van der Waals surface area (Å²) in [6.45, 7) is 1.68. The van der Waals surface area contributed by atoms with Gasteiger partial charge in [-0.05, 0) is 60.6 Å². The van der Waals surface area contributed by atoms with Gasteiger partial charge in [-0.15, -0.1) is 0 Å². The van der Waals surface area contributed by atoms with Crippen molar-refractivity contribution in [1.29, 1.82) is 5.41 Å². The highest BCUT2D eigenvalue weighted by Crippen LogP contribution is 2.24. The molecule has 4 N–H and O–H groups in total. The van der Waals surface area contributed by atoms with E-state index in [0.717, 1.165) is 35.6 Å². The Balaban J connectivity index is 1.39. The van der Waals surface area contributed by atoms with Crippen LogP contribution < -0.4 is 10.5 Å². The molecule has 5 rings (SSSR count). The molecule has 10 heteroatoms. The lowest BCUT2D eigenvalue weighted by Gasteiger charge is -2.40. The SMILES string of the molecule is N=C(N)c1ccc(C[C@H](C(=O)N2CCCCC2)N2CCC[C@H](NS(=O)(=O)c3ccc4ccccc4c3)C2=O)cc1. The first-order valence-electron chi connectivity index (χ1n) is 13.8. The molecule has 2 aliphatic rings. The highest BCUT2D eigenvalue weighted by atomic mass is 32.2. The molecule has 210 valence electrons. The van der Waals surface area contributed by atoms with Gasteiger partial charge in [-0.25, -0.2) is 8.42 Å². The van der Waals surface area contributed by atoms with Crippen LogP contribution in [0.5, 0.6) is 0 Å². The molecule has 0 bridgehead atoms. The summed E-state index contributed by atoms with van der Waals surface area (Å²) in [7, 11) is -3.97. The van der Waals surface area contributed by atoms with E-state index in [1.165, 1.54) is 0 Å². The van der Waals surface area contributed by atoms with Crippen LogP contribution in [-0.2, 0) is 26.0 Å². The van der Waals surface area contributed by atoms with Gasteiger partial charge < -0.3 is 15.5 Å². The number of fused-ring (bicyclic) bond motifs is 1. The largest absolute Gasteiger partial charge is 0.384 e. The molecule has 40 heavy (non-hydrogen) atoms. The summed E-state index contributed by atoms with van der Waals surface area (Å²) in [5.74, 6) is -0.534. The van der Waals surface area contributed by atoms with Crippen LogP contribution in [0, 0.1) is 5.41 Å². The number of sulfonamides is 1. The second kappa shape index (κ2) is 11.8. The molecule has 0 spiro atoms. The van der Waals surface area contributed by atoms with Crippen LogP contribution in [0.4, 0.5) is 0 Å². The molecule has 2 heterocycles. The van der Waals surface area contributed by atoms with Gasteiger partial charge in [-0.1, -0.05) is 54.6 Å². The Morgan fingerprint density at radius 2 is 1.65 bits per heavy atom. The zero-order valence-corrected chi connectivity index (χ0v) is 23.2. The Kier molecular flexibility index (Phi) is 8.18.